The van der Waals surface area contributed by atoms with Crippen molar-refractivity contribution in [3.63, 3.8) is 0 Å². The standard InChI is InChI=1S/C28H46O2/c1-18(2)9-7-10-19(3)24-14-15-25-22(11-8-16-28(24,25)6)12-13-23-17-26(29)21(5)27(30)20(23)4/h12-13,18-19,21,24-27,29-30H,4,7-11,14-17H2,1-3,5-6H3/t19-,21-,24-,25+,26-,27-,28-/m1/s1. The number of aliphatic hydroxyl groups is 2. The minimum atomic E-state index is -0.627. The van der Waals surface area contributed by atoms with E-state index < -0.39 is 12.2 Å². The maximum absolute atomic E-state index is 10.4. The fourth-order valence-corrected chi connectivity index (χ4v) is 6.91. The summed E-state index contributed by atoms with van der Waals surface area (Å²) in [6.07, 6.45) is 14.7. The monoisotopic (exact) mass is 414 g/mol. The molecule has 7 atom stereocenters. The Morgan fingerprint density at radius 3 is 2.57 bits per heavy atom. The van der Waals surface area contributed by atoms with Gasteiger partial charge in [-0.2, -0.15) is 0 Å². The van der Waals surface area contributed by atoms with E-state index in [9.17, 15) is 10.2 Å². The smallest absolute Gasteiger partial charge is 0.0837 e. The first-order chi connectivity index (χ1) is 14.1. The number of rotatable bonds is 6. The fourth-order valence-electron chi connectivity index (χ4n) is 6.91. The lowest BCUT2D eigenvalue weighted by Crippen LogP contribution is -2.36. The van der Waals surface area contributed by atoms with Crippen LogP contribution in [0.1, 0.15) is 92.4 Å². The molecule has 3 fully saturated rings. The van der Waals surface area contributed by atoms with E-state index in [-0.39, 0.29) is 5.92 Å². The summed E-state index contributed by atoms with van der Waals surface area (Å²) in [4.78, 5) is 0. The van der Waals surface area contributed by atoms with Crippen LogP contribution in [0, 0.1) is 35.0 Å². The number of hydrogen-bond acceptors (Lipinski definition) is 2. The Morgan fingerprint density at radius 1 is 1.13 bits per heavy atom. The van der Waals surface area contributed by atoms with Gasteiger partial charge in [0.15, 0.2) is 0 Å². The molecule has 0 radical (unpaired) electrons. The Balaban J connectivity index is 1.72. The second-order valence-corrected chi connectivity index (χ2v) is 11.4. The van der Waals surface area contributed by atoms with Crippen LogP contribution >= 0.6 is 0 Å². The highest BCUT2D eigenvalue weighted by molar-refractivity contribution is 5.39. The third kappa shape index (κ3) is 4.80. The van der Waals surface area contributed by atoms with E-state index >= 15 is 0 Å². The molecule has 0 aromatic carbocycles. The summed E-state index contributed by atoms with van der Waals surface area (Å²) in [7, 11) is 0. The van der Waals surface area contributed by atoms with E-state index in [1.165, 1.54) is 51.4 Å². The molecule has 0 aromatic heterocycles. The van der Waals surface area contributed by atoms with Crippen LogP contribution in [0.25, 0.3) is 0 Å². The van der Waals surface area contributed by atoms with E-state index in [1.807, 2.05) is 6.92 Å². The van der Waals surface area contributed by atoms with Gasteiger partial charge < -0.3 is 10.2 Å². The average Bonchev–Trinajstić information content (AvgIpc) is 3.05. The molecule has 3 aliphatic rings. The molecule has 170 valence electrons. The number of hydrogen-bond donors (Lipinski definition) is 2. The van der Waals surface area contributed by atoms with E-state index in [4.69, 9.17) is 0 Å². The van der Waals surface area contributed by atoms with Crippen molar-refractivity contribution in [2.75, 3.05) is 0 Å². The summed E-state index contributed by atoms with van der Waals surface area (Å²) in [6.45, 7) is 15.8. The van der Waals surface area contributed by atoms with E-state index in [0.29, 0.717) is 17.8 Å². The van der Waals surface area contributed by atoms with Crippen LogP contribution in [-0.2, 0) is 0 Å². The van der Waals surface area contributed by atoms with Crippen LogP contribution in [0.4, 0.5) is 0 Å². The van der Waals surface area contributed by atoms with Gasteiger partial charge in [0, 0.05) is 5.92 Å². The summed E-state index contributed by atoms with van der Waals surface area (Å²) < 4.78 is 0. The first-order valence-corrected chi connectivity index (χ1v) is 12.6. The normalized spacial score (nSPS) is 40.9. The van der Waals surface area contributed by atoms with Crippen molar-refractivity contribution in [1.82, 2.24) is 0 Å². The predicted octanol–water partition coefficient (Wildman–Crippen LogP) is 6.84. The number of allylic oxidation sites excluding steroid dienone is 3. The molecule has 2 nitrogen and oxygen atoms in total. The zero-order chi connectivity index (χ0) is 22.1. The second-order valence-electron chi connectivity index (χ2n) is 11.4. The van der Waals surface area contributed by atoms with Crippen molar-refractivity contribution in [2.45, 2.75) is 105 Å². The van der Waals surface area contributed by atoms with Gasteiger partial charge in [-0.25, -0.2) is 0 Å². The fraction of sp³-hybridized carbons (Fsp3) is 0.786. The average molecular weight is 415 g/mol. The summed E-state index contributed by atoms with van der Waals surface area (Å²) in [6, 6.07) is 0. The summed E-state index contributed by atoms with van der Waals surface area (Å²) in [5.74, 6) is 3.05. The van der Waals surface area contributed by atoms with Gasteiger partial charge in [-0.3, -0.25) is 0 Å². The number of fused-ring (bicyclic) bond motifs is 1. The highest BCUT2D eigenvalue weighted by Gasteiger charge is 2.50. The molecular formula is C28H46O2. The van der Waals surface area contributed by atoms with Gasteiger partial charge >= 0.3 is 0 Å². The molecule has 3 aliphatic carbocycles. The molecule has 0 heterocycles. The quantitative estimate of drug-likeness (QED) is 0.500. The Kier molecular flexibility index (Phi) is 7.72. The van der Waals surface area contributed by atoms with Crippen LogP contribution in [0.3, 0.4) is 0 Å². The lowest BCUT2D eigenvalue weighted by Gasteiger charge is -2.44. The Labute approximate surface area is 185 Å². The molecular weight excluding hydrogens is 368 g/mol. The first-order valence-electron chi connectivity index (χ1n) is 12.6. The molecule has 0 bridgehead atoms. The van der Waals surface area contributed by atoms with Gasteiger partial charge in [0.1, 0.15) is 0 Å². The third-order valence-corrected chi connectivity index (χ3v) is 8.97. The maximum atomic E-state index is 10.4. The third-order valence-electron chi connectivity index (χ3n) is 8.97. The van der Waals surface area contributed by atoms with Crippen LogP contribution in [-0.4, -0.2) is 22.4 Å². The Hall–Kier alpha value is -0.860. The molecule has 3 saturated carbocycles. The molecule has 3 rings (SSSR count). The highest BCUT2D eigenvalue weighted by atomic mass is 16.3. The van der Waals surface area contributed by atoms with Gasteiger partial charge in [0.25, 0.3) is 0 Å². The topological polar surface area (TPSA) is 40.5 Å². The molecule has 0 unspecified atom stereocenters. The van der Waals surface area contributed by atoms with Gasteiger partial charge in [-0.1, -0.05) is 78.2 Å². The highest BCUT2D eigenvalue weighted by Crippen LogP contribution is 2.60. The molecule has 0 aliphatic heterocycles. The zero-order valence-corrected chi connectivity index (χ0v) is 20.2. The van der Waals surface area contributed by atoms with Crippen LogP contribution in [0.15, 0.2) is 35.5 Å². The SMILES string of the molecule is C=C1C(=CC=C2CCC[C@]3(C)[C@@H]([C@H](C)CCCC(C)C)CC[C@@H]23)C[C@@H](O)[C@@H](C)[C@@H]1O. The minimum Gasteiger partial charge on any atom is -0.392 e. The Bertz CT molecular complexity index is 672. The zero-order valence-electron chi connectivity index (χ0n) is 20.2. The number of aliphatic hydroxyl groups excluding tert-OH is 2. The van der Waals surface area contributed by atoms with Crippen LogP contribution in [0.5, 0.6) is 0 Å². The maximum Gasteiger partial charge on any atom is 0.0837 e. The van der Waals surface area contributed by atoms with E-state index in [2.05, 4.69) is 46.4 Å². The predicted molar refractivity (Wildman–Crippen MR) is 127 cm³/mol. The van der Waals surface area contributed by atoms with Crippen molar-refractivity contribution >= 4 is 0 Å². The van der Waals surface area contributed by atoms with Crippen molar-refractivity contribution in [3.05, 3.63) is 35.5 Å². The molecule has 2 N–H and O–H groups in total. The molecule has 0 spiro atoms. The lowest BCUT2D eigenvalue weighted by molar-refractivity contribution is 0.0283. The Morgan fingerprint density at radius 2 is 1.87 bits per heavy atom. The molecule has 0 aromatic rings. The van der Waals surface area contributed by atoms with Gasteiger partial charge in [0.2, 0.25) is 0 Å². The van der Waals surface area contributed by atoms with Gasteiger partial charge in [-0.15, -0.1) is 0 Å². The molecule has 0 saturated heterocycles. The van der Waals surface area contributed by atoms with Gasteiger partial charge in [0.05, 0.1) is 12.2 Å². The van der Waals surface area contributed by atoms with Crippen molar-refractivity contribution < 1.29 is 10.2 Å². The molecule has 30 heavy (non-hydrogen) atoms. The molecule has 2 heteroatoms. The van der Waals surface area contributed by atoms with E-state index in [1.54, 1.807) is 5.57 Å². The van der Waals surface area contributed by atoms with E-state index in [0.717, 1.165) is 28.9 Å². The summed E-state index contributed by atoms with van der Waals surface area (Å²) in [5.41, 5.74) is 3.87. The second kappa shape index (κ2) is 9.74. The lowest BCUT2D eigenvalue weighted by atomic mass is 9.60. The molecule has 0 amide bonds. The van der Waals surface area contributed by atoms with Gasteiger partial charge in [-0.05, 0) is 78.8 Å². The largest absolute Gasteiger partial charge is 0.392 e. The van der Waals surface area contributed by atoms with Crippen molar-refractivity contribution in [3.8, 4) is 0 Å². The van der Waals surface area contributed by atoms with Crippen LogP contribution < -0.4 is 0 Å². The summed E-state index contributed by atoms with van der Waals surface area (Å²) >= 11 is 0. The van der Waals surface area contributed by atoms with Crippen molar-refractivity contribution in [1.29, 1.82) is 0 Å². The minimum absolute atomic E-state index is 0.131. The first kappa shape index (κ1) is 23.8. The van der Waals surface area contributed by atoms with Crippen LogP contribution in [0.2, 0.25) is 0 Å². The van der Waals surface area contributed by atoms with Crippen molar-refractivity contribution in [2.24, 2.45) is 35.0 Å². The summed E-state index contributed by atoms with van der Waals surface area (Å²) in [5, 5.41) is 20.7.